The van der Waals surface area contributed by atoms with E-state index in [4.69, 9.17) is 0 Å². The van der Waals surface area contributed by atoms with E-state index in [9.17, 15) is 0 Å². The fourth-order valence-corrected chi connectivity index (χ4v) is 2.28. The van der Waals surface area contributed by atoms with E-state index in [0.717, 1.165) is 19.0 Å². The first-order chi connectivity index (χ1) is 6.36. The van der Waals surface area contributed by atoms with Gasteiger partial charge in [0, 0.05) is 38.8 Å². The smallest absolute Gasteiger partial charge is 0.0121 e. The molecule has 0 amide bonds. The molecule has 14 heavy (non-hydrogen) atoms. The van der Waals surface area contributed by atoms with Gasteiger partial charge in [-0.1, -0.05) is 0 Å². The van der Waals surface area contributed by atoms with Crippen molar-refractivity contribution in [1.82, 2.24) is 9.80 Å². The SMILES string of the molecule is CN1CCC(N2CC=[C-]CC2)CC1.[Y]. The molecule has 1 saturated heterocycles. The molecule has 1 fully saturated rings. The zero-order valence-corrected chi connectivity index (χ0v) is 11.9. The normalized spacial score (nSPS) is 26.1. The minimum Gasteiger partial charge on any atom is -0.498 e. The molecule has 2 aliphatic heterocycles. The van der Waals surface area contributed by atoms with Gasteiger partial charge in [0.2, 0.25) is 0 Å². The van der Waals surface area contributed by atoms with Crippen LogP contribution in [0.1, 0.15) is 19.3 Å². The Morgan fingerprint density at radius 3 is 2.50 bits per heavy atom. The van der Waals surface area contributed by atoms with Gasteiger partial charge in [0.15, 0.2) is 0 Å². The fraction of sp³-hybridized carbons (Fsp3) is 0.818. The maximum atomic E-state index is 3.29. The topological polar surface area (TPSA) is 6.48 Å². The van der Waals surface area contributed by atoms with Gasteiger partial charge in [-0.2, -0.15) is 6.42 Å². The van der Waals surface area contributed by atoms with Crippen molar-refractivity contribution in [2.24, 2.45) is 0 Å². The van der Waals surface area contributed by atoms with Gasteiger partial charge >= 0.3 is 0 Å². The van der Waals surface area contributed by atoms with Gasteiger partial charge in [-0.25, -0.2) is 0 Å². The molecule has 2 nitrogen and oxygen atoms in total. The molecular formula is C11H19N2Y-. The summed E-state index contributed by atoms with van der Waals surface area (Å²) in [5.41, 5.74) is 0. The fourth-order valence-electron chi connectivity index (χ4n) is 2.28. The predicted octanol–water partition coefficient (Wildman–Crippen LogP) is 1.14. The number of likely N-dealkylation sites (tertiary alicyclic amines) is 1. The Bertz CT molecular complexity index is 186. The molecule has 0 aliphatic carbocycles. The van der Waals surface area contributed by atoms with E-state index in [2.05, 4.69) is 29.0 Å². The molecule has 2 aliphatic rings. The van der Waals surface area contributed by atoms with Crippen LogP contribution >= 0.6 is 0 Å². The van der Waals surface area contributed by atoms with Crippen LogP contribution < -0.4 is 0 Å². The maximum Gasteiger partial charge on any atom is 0.0121 e. The average molecular weight is 268 g/mol. The third kappa shape index (κ3) is 3.41. The van der Waals surface area contributed by atoms with Gasteiger partial charge in [-0.15, -0.1) is 0 Å². The molecule has 1 radical (unpaired) electrons. The van der Waals surface area contributed by atoms with Crippen molar-refractivity contribution in [2.45, 2.75) is 25.3 Å². The van der Waals surface area contributed by atoms with Crippen molar-refractivity contribution in [3.05, 3.63) is 12.2 Å². The quantitative estimate of drug-likeness (QED) is 0.658. The largest absolute Gasteiger partial charge is 0.498 e. The molecule has 0 N–H and O–H groups in total. The van der Waals surface area contributed by atoms with Crippen molar-refractivity contribution in [3.8, 4) is 0 Å². The van der Waals surface area contributed by atoms with Gasteiger partial charge < -0.3 is 15.9 Å². The second-order valence-corrected chi connectivity index (χ2v) is 4.19. The average Bonchev–Trinajstić information content (AvgIpc) is 2.20. The number of hydrogen-bond acceptors (Lipinski definition) is 2. The molecule has 0 spiro atoms. The van der Waals surface area contributed by atoms with E-state index in [0.29, 0.717) is 0 Å². The zero-order valence-electron chi connectivity index (χ0n) is 9.08. The minimum absolute atomic E-state index is 0. The first kappa shape index (κ1) is 12.8. The molecular weight excluding hydrogens is 249 g/mol. The van der Waals surface area contributed by atoms with Gasteiger partial charge in [0.05, 0.1) is 0 Å². The van der Waals surface area contributed by atoms with Crippen LogP contribution in [0.4, 0.5) is 0 Å². The summed E-state index contributed by atoms with van der Waals surface area (Å²) in [6, 6.07) is 0.842. The number of rotatable bonds is 1. The summed E-state index contributed by atoms with van der Waals surface area (Å²) in [5, 5.41) is 0. The molecule has 0 bridgehead atoms. The zero-order chi connectivity index (χ0) is 9.10. The van der Waals surface area contributed by atoms with Crippen molar-refractivity contribution in [3.63, 3.8) is 0 Å². The van der Waals surface area contributed by atoms with Crippen LogP contribution in [0.2, 0.25) is 0 Å². The van der Waals surface area contributed by atoms with E-state index in [-0.39, 0.29) is 32.7 Å². The van der Waals surface area contributed by atoms with E-state index in [1.807, 2.05) is 0 Å². The minimum atomic E-state index is 0. The molecule has 0 saturated carbocycles. The Kier molecular flexibility index (Phi) is 5.84. The summed E-state index contributed by atoms with van der Waals surface area (Å²) in [5.74, 6) is 0. The van der Waals surface area contributed by atoms with Gasteiger partial charge in [0.25, 0.3) is 0 Å². The van der Waals surface area contributed by atoms with E-state index in [1.165, 1.54) is 32.5 Å². The second-order valence-electron chi connectivity index (χ2n) is 4.19. The molecule has 0 aromatic heterocycles. The van der Waals surface area contributed by atoms with Crippen LogP contribution in [0, 0.1) is 6.08 Å². The first-order valence-electron chi connectivity index (χ1n) is 5.34. The third-order valence-corrected chi connectivity index (χ3v) is 3.22. The summed E-state index contributed by atoms with van der Waals surface area (Å²) >= 11 is 0. The molecule has 0 aromatic carbocycles. The number of hydrogen-bond donors (Lipinski definition) is 0. The number of nitrogens with zero attached hydrogens (tertiary/aromatic N) is 2. The second kappa shape index (κ2) is 6.37. The molecule has 3 heteroatoms. The Morgan fingerprint density at radius 2 is 1.93 bits per heavy atom. The molecule has 2 rings (SSSR count). The standard InChI is InChI=1S/C11H19N2.Y/c1-12-9-5-11(6-10-12)13-7-3-2-4-8-13;/h3,11H,4-10H2,1H3;/q-1;. The summed E-state index contributed by atoms with van der Waals surface area (Å²) < 4.78 is 0. The van der Waals surface area contributed by atoms with E-state index < -0.39 is 0 Å². The number of piperidine rings is 1. The Labute approximate surface area is 113 Å². The summed E-state index contributed by atoms with van der Waals surface area (Å²) in [6.45, 7) is 4.91. The van der Waals surface area contributed by atoms with Crippen molar-refractivity contribution in [2.75, 3.05) is 33.2 Å². The van der Waals surface area contributed by atoms with Crippen molar-refractivity contribution < 1.29 is 32.7 Å². The predicted molar refractivity (Wildman–Crippen MR) is 54.5 cm³/mol. The van der Waals surface area contributed by atoms with Gasteiger partial charge in [-0.05, 0) is 46.1 Å². The maximum absolute atomic E-state index is 3.29. The van der Waals surface area contributed by atoms with Gasteiger partial charge in [0.1, 0.15) is 0 Å². The Morgan fingerprint density at radius 1 is 1.21 bits per heavy atom. The molecule has 77 valence electrons. The molecule has 0 unspecified atom stereocenters. The Hall–Kier alpha value is 0.764. The van der Waals surface area contributed by atoms with Crippen LogP contribution in [0.25, 0.3) is 0 Å². The van der Waals surface area contributed by atoms with Crippen LogP contribution in [-0.2, 0) is 32.7 Å². The monoisotopic (exact) mass is 268 g/mol. The van der Waals surface area contributed by atoms with Crippen LogP contribution in [0.15, 0.2) is 6.08 Å². The van der Waals surface area contributed by atoms with E-state index >= 15 is 0 Å². The Balaban J connectivity index is 0.000000980. The van der Waals surface area contributed by atoms with Crippen LogP contribution in [-0.4, -0.2) is 49.1 Å². The van der Waals surface area contributed by atoms with Gasteiger partial charge in [-0.3, -0.25) is 6.08 Å². The molecule has 0 aromatic rings. The van der Waals surface area contributed by atoms with Crippen LogP contribution in [0.3, 0.4) is 0 Å². The molecule has 2 heterocycles. The first-order valence-corrected chi connectivity index (χ1v) is 5.34. The summed E-state index contributed by atoms with van der Waals surface area (Å²) in [4.78, 5) is 5.05. The van der Waals surface area contributed by atoms with Crippen LogP contribution in [0.5, 0.6) is 0 Å². The van der Waals surface area contributed by atoms with Crippen molar-refractivity contribution >= 4 is 0 Å². The van der Waals surface area contributed by atoms with E-state index in [1.54, 1.807) is 0 Å². The third-order valence-electron chi connectivity index (χ3n) is 3.22. The summed E-state index contributed by atoms with van der Waals surface area (Å²) in [7, 11) is 2.22. The summed E-state index contributed by atoms with van der Waals surface area (Å²) in [6.07, 6.45) is 9.32. The molecule has 0 atom stereocenters. The van der Waals surface area contributed by atoms with Crippen molar-refractivity contribution in [1.29, 1.82) is 0 Å².